The maximum atomic E-state index is 11.9. The normalized spacial score (nSPS) is 20.2. The van der Waals surface area contributed by atoms with Crippen molar-refractivity contribution in [2.75, 3.05) is 19.5 Å². The van der Waals surface area contributed by atoms with Crippen molar-refractivity contribution in [1.29, 1.82) is 0 Å². The van der Waals surface area contributed by atoms with E-state index in [1.165, 1.54) is 0 Å². The first kappa shape index (κ1) is 10.0. The largest absolute Gasteiger partial charge is 0.492 e. The summed E-state index contributed by atoms with van der Waals surface area (Å²) in [6, 6.07) is 0. The Balaban J connectivity index is 2.51. The van der Waals surface area contributed by atoms with Crippen LogP contribution in [0.1, 0.15) is 0 Å². The number of carbonyl (C=O) groups excluding carboxylic acids is 2. The van der Waals surface area contributed by atoms with E-state index in [1.807, 2.05) is 5.32 Å². The molecule has 1 aliphatic heterocycles. The molecule has 0 saturated carbocycles. The fourth-order valence-electron chi connectivity index (χ4n) is 1.12. The van der Waals surface area contributed by atoms with Crippen molar-refractivity contribution >= 4 is 18.8 Å². The first-order valence-corrected chi connectivity index (χ1v) is 3.63. The lowest BCUT2D eigenvalue weighted by Crippen LogP contribution is -2.54. The van der Waals surface area contributed by atoms with Crippen LogP contribution < -0.4 is 5.32 Å². The van der Waals surface area contributed by atoms with E-state index in [4.69, 9.17) is 0 Å². The molecule has 1 heterocycles. The van der Waals surface area contributed by atoms with Gasteiger partial charge >= 0.3 is 6.98 Å². The van der Waals surface area contributed by atoms with E-state index in [9.17, 15) is 22.5 Å². The molecule has 0 aromatic heterocycles. The molecule has 0 atom stereocenters. The summed E-state index contributed by atoms with van der Waals surface area (Å²) in [5, 5.41) is 1.92. The van der Waals surface area contributed by atoms with Gasteiger partial charge in [-0.25, -0.2) is 0 Å². The van der Waals surface area contributed by atoms with Crippen molar-refractivity contribution in [3.8, 4) is 0 Å². The van der Waals surface area contributed by atoms with Crippen molar-refractivity contribution in [2.24, 2.45) is 0 Å². The maximum Gasteiger partial charge on any atom is 0.492 e. The molecule has 0 spiro atoms. The second-order valence-corrected chi connectivity index (χ2v) is 2.85. The summed E-state index contributed by atoms with van der Waals surface area (Å²) in [6.45, 7) is -5.71. The van der Waals surface area contributed by atoms with Crippen LogP contribution in [0.3, 0.4) is 0 Å². The van der Waals surface area contributed by atoms with Crippen molar-refractivity contribution in [3.63, 3.8) is 0 Å². The van der Waals surface area contributed by atoms with Gasteiger partial charge in [0.2, 0.25) is 11.8 Å². The summed E-state index contributed by atoms with van der Waals surface area (Å²) in [4.78, 5) is 22.1. The van der Waals surface area contributed by atoms with Crippen LogP contribution in [0.15, 0.2) is 0 Å². The molecule has 1 rings (SSSR count). The van der Waals surface area contributed by atoms with Gasteiger partial charge in [0, 0.05) is 0 Å². The Labute approximate surface area is 72.1 Å². The Bertz CT molecular complexity index is 226. The third-order valence-corrected chi connectivity index (χ3v) is 1.48. The summed E-state index contributed by atoms with van der Waals surface area (Å²) in [7, 11) is 0. The number of nitrogens with zero attached hydrogens (tertiary/aromatic N) is 1. The molecule has 0 unspecified atom stereocenters. The van der Waals surface area contributed by atoms with Gasteiger partial charge in [0.15, 0.2) is 0 Å². The van der Waals surface area contributed by atoms with Gasteiger partial charge in [0.25, 0.3) is 0 Å². The molecule has 2 amide bonds. The van der Waals surface area contributed by atoms with E-state index < -0.39 is 25.2 Å². The molecule has 74 valence electrons. The number of hydrogen-bond donors (Lipinski definition) is 1. The highest BCUT2D eigenvalue weighted by molar-refractivity contribution is 6.58. The fourth-order valence-corrected chi connectivity index (χ4v) is 1.12. The number of rotatable bonds is 2. The Morgan fingerprint density at radius 1 is 1.23 bits per heavy atom. The average Bonchev–Trinajstić information content (AvgIpc) is 1.78. The monoisotopic (exact) mass is 195 g/mol. The number of imide groups is 1. The highest BCUT2D eigenvalue weighted by atomic mass is 19.4. The summed E-state index contributed by atoms with van der Waals surface area (Å²) >= 11 is 0. The van der Waals surface area contributed by atoms with Gasteiger partial charge < -0.3 is 17.8 Å². The van der Waals surface area contributed by atoms with E-state index in [0.717, 1.165) is 4.90 Å². The van der Waals surface area contributed by atoms with Gasteiger partial charge in [-0.3, -0.25) is 14.9 Å². The van der Waals surface area contributed by atoms with Crippen LogP contribution in [-0.4, -0.2) is 43.2 Å². The van der Waals surface area contributed by atoms with Crippen LogP contribution in [0, 0.1) is 0 Å². The number of hydrogen-bond acceptors (Lipinski definition) is 3. The minimum Gasteiger partial charge on any atom is -0.448 e. The summed E-state index contributed by atoms with van der Waals surface area (Å²) in [5.41, 5.74) is 0. The van der Waals surface area contributed by atoms with Crippen LogP contribution in [0.25, 0.3) is 0 Å². The van der Waals surface area contributed by atoms with Crippen LogP contribution in [0.2, 0.25) is 0 Å². The van der Waals surface area contributed by atoms with Crippen molar-refractivity contribution in [1.82, 2.24) is 10.2 Å². The zero-order chi connectivity index (χ0) is 10.1. The molecule has 1 fully saturated rings. The van der Waals surface area contributed by atoms with Crippen molar-refractivity contribution in [2.45, 2.75) is 0 Å². The molecule has 8 heteroatoms. The van der Waals surface area contributed by atoms with Gasteiger partial charge in [0.1, 0.15) is 0 Å². The molecule has 1 N–H and O–H groups in total. The fraction of sp³-hybridized carbons (Fsp3) is 0.600. The Morgan fingerprint density at radius 3 is 2.08 bits per heavy atom. The van der Waals surface area contributed by atoms with E-state index in [-0.39, 0.29) is 13.1 Å². The molecule has 0 aromatic rings. The van der Waals surface area contributed by atoms with Gasteiger partial charge in [-0.2, -0.15) is 0 Å². The number of piperazine rings is 1. The maximum absolute atomic E-state index is 11.9. The number of halogens is 3. The quantitative estimate of drug-likeness (QED) is 0.469. The predicted molar refractivity (Wildman–Crippen MR) is 38.7 cm³/mol. The average molecular weight is 195 g/mol. The molecule has 1 aliphatic rings. The van der Waals surface area contributed by atoms with Gasteiger partial charge in [0.05, 0.1) is 13.1 Å². The van der Waals surface area contributed by atoms with Crippen LogP contribution in [0.4, 0.5) is 12.9 Å². The highest BCUT2D eigenvalue weighted by Gasteiger charge is 2.30. The van der Waals surface area contributed by atoms with E-state index in [1.54, 1.807) is 0 Å². The molecule has 0 aromatic carbocycles. The standard InChI is InChI=1S/C5H7BF3N2O2/c7-6(8,9)3-11-1-4(12)10-5(13)2-11/h1-3H2,(H,10,12,13)/q-1. The topological polar surface area (TPSA) is 49.4 Å². The molecule has 0 aliphatic carbocycles. The first-order valence-electron chi connectivity index (χ1n) is 3.63. The summed E-state index contributed by atoms with van der Waals surface area (Å²) < 4.78 is 35.6. The van der Waals surface area contributed by atoms with Crippen LogP contribution >= 0.6 is 0 Å². The minimum absolute atomic E-state index is 0.368. The lowest BCUT2D eigenvalue weighted by atomic mass is 9.91. The van der Waals surface area contributed by atoms with E-state index in [2.05, 4.69) is 0 Å². The lowest BCUT2D eigenvalue weighted by molar-refractivity contribution is -0.135. The zero-order valence-electron chi connectivity index (χ0n) is 6.60. The number of nitrogens with one attached hydrogen (secondary N) is 1. The van der Waals surface area contributed by atoms with E-state index >= 15 is 0 Å². The molecular formula is C5H7BF3N2O2-. The first-order chi connectivity index (χ1) is 5.87. The second-order valence-electron chi connectivity index (χ2n) is 2.85. The highest BCUT2D eigenvalue weighted by Crippen LogP contribution is 2.10. The predicted octanol–water partition coefficient (Wildman–Crippen LogP) is -0.669. The molecule has 4 nitrogen and oxygen atoms in total. The number of amides is 2. The molecular weight excluding hydrogens is 188 g/mol. The second kappa shape index (κ2) is 3.37. The SMILES string of the molecule is O=C1CN(C[B-](F)(F)F)CC(=O)N1. The van der Waals surface area contributed by atoms with Crippen LogP contribution in [0.5, 0.6) is 0 Å². The Morgan fingerprint density at radius 2 is 1.69 bits per heavy atom. The van der Waals surface area contributed by atoms with Crippen molar-refractivity contribution < 1.29 is 22.5 Å². The molecule has 0 radical (unpaired) electrons. The van der Waals surface area contributed by atoms with Crippen LogP contribution in [-0.2, 0) is 9.59 Å². The van der Waals surface area contributed by atoms with Crippen molar-refractivity contribution in [3.05, 3.63) is 0 Å². The smallest absolute Gasteiger partial charge is 0.448 e. The summed E-state index contributed by atoms with van der Waals surface area (Å²) in [5.74, 6) is -1.37. The lowest BCUT2D eigenvalue weighted by Gasteiger charge is -2.29. The van der Waals surface area contributed by atoms with Gasteiger partial charge in [-0.05, 0) is 6.44 Å². The molecule has 13 heavy (non-hydrogen) atoms. The molecule has 0 bridgehead atoms. The third-order valence-electron chi connectivity index (χ3n) is 1.48. The van der Waals surface area contributed by atoms with Gasteiger partial charge in [-0.1, -0.05) is 0 Å². The third kappa shape index (κ3) is 3.45. The Hall–Kier alpha value is -1.05. The number of carbonyl (C=O) groups is 2. The Kier molecular flexibility index (Phi) is 2.60. The molecule has 1 saturated heterocycles. The summed E-state index contributed by atoms with van der Waals surface area (Å²) in [6.07, 6.45) is -1.17. The minimum atomic E-state index is -4.98. The van der Waals surface area contributed by atoms with Gasteiger partial charge in [-0.15, -0.1) is 0 Å². The zero-order valence-corrected chi connectivity index (χ0v) is 6.60. The van der Waals surface area contributed by atoms with E-state index in [0.29, 0.717) is 0 Å².